The van der Waals surface area contributed by atoms with Crippen molar-refractivity contribution in [3.63, 3.8) is 0 Å². The number of β-lactam (4-membered cyclic amide) rings is 1. The summed E-state index contributed by atoms with van der Waals surface area (Å²) in [4.78, 5) is 43.6. The molecule has 2 atom stereocenters. The molecule has 9 nitrogen and oxygen atoms in total. The van der Waals surface area contributed by atoms with Gasteiger partial charge >= 0.3 is 5.97 Å². The molecule has 0 saturated carbocycles. The first-order valence-corrected chi connectivity index (χ1v) is 11.3. The number of aryl methyl sites for hydroxylation is 1. The van der Waals surface area contributed by atoms with Gasteiger partial charge in [-0.05, 0) is 11.6 Å². The number of aromatic nitrogens is 1. The number of hydrogen-bond donors (Lipinski definition) is 2. The molecular formula is C23H23N4O5S+. The number of hydrogen-bond acceptors (Lipinski definition) is 6. The van der Waals surface area contributed by atoms with Gasteiger partial charge in [0.15, 0.2) is 6.20 Å². The predicted molar refractivity (Wildman–Crippen MR) is 121 cm³/mol. The van der Waals surface area contributed by atoms with Crippen molar-refractivity contribution >= 4 is 35.8 Å². The second-order valence-electron chi connectivity index (χ2n) is 7.62. The Labute approximate surface area is 194 Å². The quantitative estimate of drug-likeness (QED) is 0.258. The lowest BCUT2D eigenvalue weighted by molar-refractivity contribution is -0.672. The third-order valence-electron chi connectivity index (χ3n) is 5.37. The van der Waals surface area contributed by atoms with Crippen LogP contribution in [0.3, 0.4) is 0 Å². The summed E-state index contributed by atoms with van der Waals surface area (Å²) in [5.74, 6) is -1.57. The summed E-state index contributed by atoms with van der Waals surface area (Å²) in [5, 5.41) is 15.9. The molecule has 4 rings (SSSR count). The minimum absolute atomic E-state index is 0.0524. The topological polar surface area (TPSA) is 112 Å². The van der Waals surface area contributed by atoms with Crippen molar-refractivity contribution in [3.05, 3.63) is 77.3 Å². The number of oxime groups is 1. The molecular weight excluding hydrogens is 444 g/mol. The lowest BCUT2D eigenvalue weighted by Gasteiger charge is -2.49. The number of aliphatic carboxylic acids is 1. The van der Waals surface area contributed by atoms with Gasteiger partial charge in [0.05, 0.1) is 6.42 Å². The van der Waals surface area contributed by atoms with E-state index in [1.807, 2.05) is 66.3 Å². The van der Waals surface area contributed by atoms with E-state index in [1.54, 1.807) is 0 Å². The molecule has 170 valence electrons. The van der Waals surface area contributed by atoms with Gasteiger partial charge in [0, 0.05) is 23.5 Å². The molecule has 2 aliphatic heterocycles. The minimum Gasteiger partial charge on any atom is -0.477 e. The Bertz CT molecular complexity index is 1130. The first-order chi connectivity index (χ1) is 16.0. The molecule has 1 saturated heterocycles. The van der Waals surface area contributed by atoms with E-state index in [-0.39, 0.29) is 24.6 Å². The summed E-state index contributed by atoms with van der Waals surface area (Å²) in [6.45, 7) is -0.0524. The van der Waals surface area contributed by atoms with Gasteiger partial charge < -0.3 is 15.3 Å². The number of benzene rings is 1. The summed E-state index contributed by atoms with van der Waals surface area (Å²) in [6.07, 6.45) is 3.56. The number of nitrogens with zero attached hydrogens (tertiary/aromatic N) is 3. The largest absolute Gasteiger partial charge is 0.477 e. The maximum Gasteiger partial charge on any atom is 0.352 e. The van der Waals surface area contributed by atoms with Crippen LogP contribution < -0.4 is 9.88 Å². The van der Waals surface area contributed by atoms with E-state index in [0.29, 0.717) is 11.3 Å². The van der Waals surface area contributed by atoms with Crippen molar-refractivity contribution in [2.75, 3.05) is 12.4 Å². The van der Waals surface area contributed by atoms with Crippen LogP contribution in [0.1, 0.15) is 11.3 Å². The lowest BCUT2D eigenvalue weighted by Crippen LogP contribution is -2.70. The highest BCUT2D eigenvalue weighted by Gasteiger charge is 2.54. The normalized spacial score (nSPS) is 19.8. The van der Waals surface area contributed by atoms with E-state index < -0.39 is 23.3 Å². The number of carbonyl (C=O) groups excluding carboxylic acids is 2. The number of pyridine rings is 1. The summed E-state index contributed by atoms with van der Waals surface area (Å²) in [6, 6.07) is 14.1. The summed E-state index contributed by atoms with van der Waals surface area (Å²) < 4.78 is 1.86. The van der Waals surface area contributed by atoms with Crippen molar-refractivity contribution in [1.82, 2.24) is 10.2 Å². The van der Waals surface area contributed by atoms with Gasteiger partial charge in [-0.25, -0.2) is 9.36 Å². The molecule has 2 N–H and O–H groups in total. The van der Waals surface area contributed by atoms with Gasteiger partial charge in [-0.3, -0.25) is 14.5 Å². The van der Waals surface area contributed by atoms with Crippen LogP contribution >= 0.6 is 11.8 Å². The van der Waals surface area contributed by atoms with Gasteiger partial charge in [-0.2, -0.15) is 0 Å². The zero-order valence-corrected chi connectivity index (χ0v) is 18.7. The maximum atomic E-state index is 12.7. The number of carboxylic acid groups (broad SMARTS) is 1. The molecule has 33 heavy (non-hydrogen) atoms. The van der Waals surface area contributed by atoms with E-state index in [0.717, 1.165) is 11.3 Å². The summed E-state index contributed by atoms with van der Waals surface area (Å²) in [5.41, 5.74) is 2.01. The van der Waals surface area contributed by atoms with E-state index in [2.05, 4.69) is 10.5 Å². The predicted octanol–water partition coefficient (Wildman–Crippen LogP) is 0.843. The van der Waals surface area contributed by atoms with Gasteiger partial charge in [0.25, 0.3) is 5.91 Å². The van der Waals surface area contributed by atoms with Crippen LogP contribution in [-0.2, 0) is 32.7 Å². The van der Waals surface area contributed by atoms with Gasteiger partial charge in [0.2, 0.25) is 11.6 Å². The van der Waals surface area contributed by atoms with E-state index in [9.17, 15) is 19.5 Å². The second-order valence-corrected chi connectivity index (χ2v) is 8.72. The van der Waals surface area contributed by atoms with Crippen LogP contribution in [0.25, 0.3) is 0 Å². The fourth-order valence-electron chi connectivity index (χ4n) is 3.68. The number of rotatable bonds is 8. The van der Waals surface area contributed by atoms with E-state index >= 15 is 0 Å². The molecule has 3 heterocycles. The number of nitrogens with one attached hydrogen (secondary N) is 1. The summed E-state index contributed by atoms with van der Waals surface area (Å²) in [7, 11) is 1.87. The Morgan fingerprint density at radius 1 is 1.27 bits per heavy atom. The van der Waals surface area contributed by atoms with Crippen LogP contribution in [0, 0.1) is 0 Å². The number of carboxylic acids is 1. The molecule has 0 radical (unpaired) electrons. The Morgan fingerprint density at radius 2 is 2.03 bits per heavy atom. The van der Waals surface area contributed by atoms with Crippen LogP contribution in [0.4, 0.5) is 0 Å². The standard InChI is InChI=1S/C23H22N4O5S/c1-26-10-6-5-9-17(26)12-24-32-13-16-14-33-22-19(21(29)27(22)20(16)23(30)31)25-18(28)11-15-7-3-2-4-8-15/h2-10,12,19,22H,11,13-14H2,1H3,(H-,25,28,30,31)/p+1/b24-12+. The van der Waals surface area contributed by atoms with Crippen molar-refractivity contribution in [3.8, 4) is 0 Å². The summed E-state index contributed by atoms with van der Waals surface area (Å²) >= 11 is 1.39. The maximum absolute atomic E-state index is 12.7. The average molecular weight is 468 g/mol. The highest BCUT2D eigenvalue weighted by molar-refractivity contribution is 8.00. The molecule has 2 aliphatic rings. The molecule has 2 aromatic rings. The smallest absolute Gasteiger partial charge is 0.352 e. The van der Waals surface area contributed by atoms with Crippen LogP contribution in [-0.4, -0.2) is 57.8 Å². The Morgan fingerprint density at radius 3 is 2.76 bits per heavy atom. The fraction of sp³-hybridized carbons (Fsp3) is 0.261. The molecule has 2 unspecified atom stereocenters. The second kappa shape index (κ2) is 9.86. The number of thioether (sulfide) groups is 1. The zero-order valence-electron chi connectivity index (χ0n) is 17.9. The van der Waals surface area contributed by atoms with E-state index in [4.69, 9.17) is 4.84 Å². The Balaban J connectivity index is 1.39. The SMILES string of the molecule is C[n+]1ccccc1/C=N/OCC1=C(C(=O)O)N2C(=O)C(NC(=O)Cc3ccccc3)C2SC1. The Hall–Kier alpha value is -3.66. The van der Waals surface area contributed by atoms with Crippen LogP contribution in [0.15, 0.2) is 71.2 Å². The molecule has 1 fully saturated rings. The third-order valence-corrected chi connectivity index (χ3v) is 6.71. The van der Waals surface area contributed by atoms with Gasteiger partial charge in [0.1, 0.15) is 37.0 Å². The zero-order chi connectivity index (χ0) is 23.4. The molecule has 10 heteroatoms. The fourth-order valence-corrected chi connectivity index (χ4v) is 5.00. The van der Waals surface area contributed by atoms with Crippen molar-refractivity contribution in [1.29, 1.82) is 0 Å². The highest BCUT2D eigenvalue weighted by Crippen LogP contribution is 2.40. The molecule has 1 aromatic carbocycles. The van der Waals surface area contributed by atoms with Crippen LogP contribution in [0.2, 0.25) is 0 Å². The molecule has 2 amide bonds. The number of carbonyl (C=O) groups is 3. The third kappa shape index (κ3) is 4.90. The molecule has 1 aromatic heterocycles. The van der Waals surface area contributed by atoms with Crippen LogP contribution in [0.5, 0.6) is 0 Å². The number of amides is 2. The van der Waals surface area contributed by atoms with Crippen molar-refractivity contribution in [2.24, 2.45) is 12.2 Å². The monoisotopic (exact) mass is 467 g/mol. The molecule has 0 spiro atoms. The minimum atomic E-state index is -1.21. The lowest BCUT2D eigenvalue weighted by atomic mass is 10.0. The highest BCUT2D eigenvalue weighted by atomic mass is 32.2. The first-order valence-electron chi connectivity index (χ1n) is 10.3. The molecule has 0 aliphatic carbocycles. The van der Waals surface area contributed by atoms with Crippen molar-refractivity contribution in [2.45, 2.75) is 17.8 Å². The number of fused-ring (bicyclic) bond motifs is 1. The van der Waals surface area contributed by atoms with Gasteiger partial charge in [-0.1, -0.05) is 35.5 Å². The van der Waals surface area contributed by atoms with E-state index in [1.165, 1.54) is 22.9 Å². The molecule has 0 bridgehead atoms. The Kier molecular flexibility index (Phi) is 6.74. The first kappa shape index (κ1) is 22.5. The van der Waals surface area contributed by atoms with Gasteiger partial charge in [-0.15, -0.1) is 11.8 Å². The average Bonchev–Trinajstić information content (AvgIpc) is 2.81. The van der Waals surface area contributed by atoms with Crippen molar-refractivity contribution < 1.29 is 28.9 Å².